The van der Waals surface area contributed by atoms with Crippen LogP contribution in [-0.4, -0.2) is 3.21 Å². The fourth-order valence-electron chi connectivity index (χ4n) is 4.84. The van der Waals surface area contributed by atoms with Crippen LogP contribution in [0.15, 0.2) is 121 Å². The molecular formula is C38H38Zr. The van der Waals surface area contributed by atoms with Gasteiger partial charge in [-0.1, -0.05) is 69.0 Å². The van der Waals surface area contributed by atoms with E-state index in [0.717, 1.165) is 19.3 Å². The summed E-state index contributed by atoms with van der Waals surface area (Å²) in [6, 6.07) is 37.1. The molecule has 1 aliphatic rings. The third kappa shape index (κ3) is 8.00. The molecule has 5 aromatic carbocycles. The van der Waals surface area contributed by atoms with Crippen molar-refractivity contribution in [1.29, 1.82) is 0 Å². The summed E-state index contributed by atoms with van der Waals surface area (Å²) in [5.41, 5.74) is 6.97. The van der Waals surface area contributed by atoms with E-state index in [1.165, 1.54) is 89.7 Å². The van der Waals surface area contributed by atoms with E-state index >= 15 is 0 Å². The molecule has 0 fully saturated rings. The first kappa shape index (κ1) is 29.0. The summed E-state index contributed by atoms with van der Waals surface area (Å²) < 4.78 is 1.42. The summed E-state index contributed by atoms with van der Waals surface area (Å²) >= 11 is 1.46. The van der Waals surface area contributed by atoms with Gasteiger partial charge < -0.3 is 0 Å². The molecule has 1 heteroatoms. The van der Waals surface area contributed by atoms with Gasteiger partial charge >= 0.3 is 99.2 Å². The minimum atomic E-state index is 1.04. The first-order valence-corrected chi connectivity index (χ1v) is 15.4. The standard InChI is InChI=1S/C17H17.C13H10.C8H11.Zr/c1-3-12-5-7-16-14(9-12)11-15-10-13(4-2)6-8-17(15)16;1-3-7-12(8-4-1)11-13-9-5-2-6-10-13;1-2-5-8-6-3-4-7-8;/h5-11H,3-4H2,1-2H3;1-10H;6-7H,2-3,5H2,1H3;/q-1;;-1;+2. The molecule has 6 rings (SSSR count). The zero-order valence-corrected chi connectivity index (χ0v) is 26.0. The molecule has 194 valence electrons. The molecule has 0 aromatic heterocycles. The topological polar surface area (TPSA) is 0 Å². The molecule has 0 radical (unpaired) electrons. The average molecular weight is 586 g/mol. The second kappa shape index (κ2) is 15.0. The fraction of sp³-hybridized carbons (Fsp3) is 0.211. The van der Waals surface area contributed by atoms with Crippen molar-refractivity contribution in [3.05, 3.63) is 149 Å². The van der Waals surface area contributed by atoms with Crippen LogP contribution in [0.5, 0.6) is 0 Å². The van der Waals surface area contributed by atoms with E-state index in [0.29, 0.717) is 0 Å². The van der Waals surface area contributed by atoms with Crippen LogP contribution < -0.4 is 0 Å². The Kier molecular flexibility index (Phi) is 11.1. The van der Waals surface area contributed by atoms with Gasteiger partial charge in [0, 0.05) is 0 Å². The van der Waals surface area contributed by atoms with Crippen LogP contribution in [0.3, 0.4) is 0 Å². The summed E-state index contributed by atoms with van der Waals surface area (Å²) in [6.07, 6.45) is 13.2. The Labute approximate surface area is 249 Å². The number of rotatable bonds is 6. The SMILES string of the molecule is CCCC1=CC[C-]=C1.CCc1ccc2c(c1)[cH-]c1cc(CC)ccc12.[Zr+2]=[C](c1ccccc1)c1ccccc1. The Bertz CT molecular complexity index is 1450. The first-order chi connectivity index (χ1) is 19.1. The third-order valence-corrected chi connectivity index (χ3v) is 8.50. The van der Waals surface area contributed by atoms with Gasteiger partial charge in [0.25, 0.3) is 0 Å². The summed E-state index contributed by atoms with van der Waals surface area (Å²) in [7, 11) is 0. The predicted octanol–water partition coefficient (Wildman–Crippen LogP) is 10.1. The van der Waals surface area contributed by atoms with Crippen LogP contribution >= 0.6 is 0 Å². The molecule has 0 bridgehead atoms. The van der Waals surface area contributed by atoms with E-state index in [1.807, 2.05) is 0 Å². The van der Waals surface area contributed by atoms with Crippen LogP contribution in [0.2, 0.25) is 0 Å². The Balaban J connectivity index is 0.000000145. The van der Waals surface area contributed by atoms with Gasteiger partial charge in [0.15, 0.2) is 0 Å². The fourth-order valence-corrected chi connectivity index (χ4v) is 5.66. The normalized spacial score (nSPS) is 12.0. The van der Waals surface area contributed by atoms with E-state index in [1.54, 1.807) is 0 Å². The van der Waals surface area contributed by atoms with Crippen LogP contribution in [-0.2, 0) is 37.1 Å². The molecular weight excluding hydrogens is 548 g/mol. The number of benzene rings is 4. The van der Waals surface area contributed by atoms with Crippen molar-refractivity contribution < 1.29 is 24.2 Å². The van der Waals surface area contributed by atoms with E-state index in [4.69, 9.17) is 0 Å². The number of aryl methyl sites for hydroxylation is 2. The summed E-state index contributed by atoms with van der Waals surface area (Å²) in [5, 5.41) is 5.54. The Hall–Kier alpha value is -3.02. The van der Waals surface area contributed by atoms with Crippen LogP contribution in [0, 0.1) is 6.08 Å². The van der Waals surface area contributed by atoms with Crippen LogP contribution in [0.25, 0.3) is 21.5 Å². The quantitative estimate of drug-likeness (QED) is 0.174. The number of hydrogen-bond acceptors (Lipinski definition) is 0. The van der Waals surface area contributed by atoms with Gasteiger partial charge in [0.1, 0.15) is 0 Å². The molecule has 0 aliphatic heterocycles. The van der Waals surface area contributed by atoms with Crippen molar-refractivity contribution in [2.75, 3.05) is 0 Å². The Morgan fingerprint density at radius 2 is 1.23 bits per heavy atom. The molecule has 0 N–H and O–H groups in total. The van der Waals surface area contributed by atoms with Crippen molar-refractivity contribution in [3.63, 3.8) is 0 Å². The summed E-state index contributed by atoms with van der Waals surface area (Å²) in [4.78, 5) is 0. The van der Waals surface area contributed by atoms with Gasteiger partial charge in [0.2, 0.25) is 0 Å². The Morgan fingerprint density at radius 1 is 0.718 bits per heavy atom. The van der Waals surface area contributed by atoms with Gasteiger partial charge in [-0.2, -0.15) is 6.08 Å². The molecule has 0 atom stereocenters. The summed E-state index contributed by atoms with van der Waals surface area (Å²) in [5.74, 6) is 0. The third-order valence-electron chi connectivity index (χ3n) is 7.08. The number of fused-ring (bicyclic) bond motifs is 3. The molecule has 0 nitrogen and oxygen atoms in total. The average Bonchev–Trinajstić information content (AvgIpc) is 3.65. The molecule has 0 saturated heterocycles. The van der Waals surface area contributed by atoms with Gasteiger partial charge in [-0.3, -0.25) is 6.08 Å². The molecule has 0 saturated carbocycles. The maximum atomic E-state index is 3.14. The number of hydrogen-bond donors (Lipinski definition) is 0. The van der Waals surface area contributed by atoms with Gasteiger partial charge in [-0.05, 0) is 12.8 Å². The van der Waals surface area contributed by atoms with Gasteiger partial charge in [-0.15, -0.1) is 46.2 Å². The van der Waals surface area contributed by atoms with Gasteiger partial charge in [-0.25, -0.2) is 11.6 Å². The van der Waals surface area contributed by atoms with Crippen molar-refractivity contribution in [2.24, 2.45) is 0 Å². The Morgan fingerprint density at radius 3 is 1.64 bits per heavy atom. The molecule has 0 heterocycles. The molecule has 5 aromatic rings. The monoisotopic (exact) mass is 584 g/mol. The maximum absolute atomic E-state index is 3.14. The molecule has 0 spiro atoms. The van der Waals surface area contributed by atoms with E-state index in [2.05, 4.69) is 142 Å². The minimum absolute atomic E-state index is 1.04. The zero-order chi connectivity index (χ0) is 27.5. The van der Waals surface area contributed by atoms with E-state index < -0.39 is 0 Å². The van der Waals surface area contributed by atoms with Crippen LogP contribution in [0.4, 0.5) is 0 Å². The van der Waals surface area contributed by atoms with Crippen molar-refractivity contribution in [1.82, 2.24) is 0 Å². The molecule has 1 aliphatic carbocycles. The second-order valence-corrected chi connectivity index (χ2v) is 11.1. The summed E-state index contributed by atoms with van der Waals surface area (Å²) in [6.45, 7) is 6.62. The van der Waals surface area contributed by atoms with Crippen molar-refractivity contribution in [3.8, 4) is 0 Å². The van der Waals surface area contributed by atoms with Crippen molar-refractivity contribution >= 4 is 24.8 Å². The van der Waals surface area contributed by atoms with Gasteiger partial charge in [0.05, 0.1) is 0 Å². The van der Waals surface area contributed by atoms with E-state index in [-0.39, 0.29) is 0 Å². The molecule has 39 heavy (non-hydrogen) atoms. The van der Waals surface area contributed by atoms with Crippen LogP contribution in [0.1, 0.15) is 62.3 Å². The second-order valence-electron chi connectivity index (χ2n) is 9.88. The predicted molar refractivity (Wildman–Crippen MR) is 167 cm³/mol. The van der Waals surface area contributed by atoms with Crippen molar-refractivity contribution in [2.45, 2.75) is 52.9 Å². The number of allylic oxidation sites excluding steroid dienone is 4. The zero-order valence-electron chi connectivity index (χ0n) is 23.5. The first-order valence-electron chi connectivity index (χ1n) is 14.2. The molecule has 0 unspecified atom stereocenters. The molecule has 0 amide bonds. The van der Waals surface area contributed by atoms with E-state index in [9.17, 15) is 0 Å².